The van der Waals surface area contributed by atoms with Crippen molar-refractivity contribution in [3.05, 3.63) is 45.7 Å². The summed E-state index contributed by atoms with van der Waals surface area (Å²) in [6.45, 7) is 5.83. The number of halogens is 1. The van der Waals surface area contributed by atoms with Crippen molar-refractivity contribution in [1.29, 1.82) is 0 Å². The molecular weight excluding hydrogens is 309 g/mol. The van der Waals surface area contributed by atoms with Crippen molar-refractivity contribution in [3.8, 4) is 0 Å². The molecule has 112 valence electrons. The second-order valence-corrected chi connectivity index (χ2v) is 7.72. The summed E-state index contributed by atoms with van der Waals surface area (Å²) in [7, 11) is 0. The largest absolute Gasteiger partial charge is 0.477 e. The highest BCUT2D eigenvalue weighted by molar-refractivity contribution is 7.98. The molecule has 1 aromatic heterocycles. The van der Waals surface area contributed by atoms with Crippen LogP contribution >= 0.6 is 23.1 Å². The fraction of sp³-hybridized carbons (Fsp3) is 0.333. The van der Waals surface area contributed by atoms with E-state index in [1.807, 2.05) is 26.8 Å². The first-order valence-corrected chi connectivity index (χ1v) is 8.19. The summed E-state index contributed by atoms with van der Waals surface area (Å²) in [6, 6.07) is 6.33. The maximum absolute atomic E-state index is 13.1. The van der Waals surface area contributed by atoms with E-state index in [0.717, 1.165) is 9.90 Å². The van der Waals surface area contributed by atoms with Crippen LogP contribution < -0.4 is 0 Å². The molecule has 0 fully saturated rings. The molecule has 0 saturated carbocycles. The average molecular weight is 325 g/mol. The van der Waals surface area contributed by atoms with Crippen LogP contribution in [-0.2, 0) is 11.2 Å². The minimum Gasteiger partial charge on any atom is -0.477 e. The zero-order chi connectivity index (χ0) is 15.6. The molecule has 0 amide bonds. The highest BCUT2D eigenvalue weighted by Gasteiger charge is 2.26. The van der Waals surface area contributed by atoms with Gasteiger partial charge in [0, 0.05) is 10.3 Å². The van der Waals surface area contributed by atoms with Crippen LogP contribution in [0.15, 0.2) is 29.2 Å². The number of carboxylic acid groups (broad SMARTS) is 1. The predicted molar refractivity (Wildman–Crippen MR) is 83.7 cm³/mol. The second kappa shape index (κ2) is 6.15. The van der Waals surface area contributed by atoms with Crippen LogP contribution in [0.2, 0.25) is 0 Å². The summed E-state index contributed by atoms with van der Waals surface area (Å²) in [4.78, 5) is 16.9. The Hall–Kier alpha value is -1.40. The molecule has 6 heteroatoms. The maximum Gasteiger partial charge on any atom is 0.347 e. The summed E-state index contributed by atoms with van der Waals surface area (Å²) < 4.78 is 13.1. The Balaban J connectivity index is 2.20. The predicted octanol–water partition coefficient (Wildman–Crippen LogP) is 4.57. The normalized spacial score (nSPS) is 11.6. The average Bonchev–Trinajstić information content (AvgIpc) is 2.81. The SMILES string of the molecule is CC(C)(C)c1nc(CSc2cccc(F)c2)sc1C(=O)O. The Bertz CT molecular complexity index is 662. The van der Waals surface area contributed by atoms with Gasteiger partial charge in [0.15, 0.2) is 0 Å². The number of hydrogen-bond acceptors (Lipinski definition) is 4. The molecule has 2 aromatic rings. The van der Waals surface area contributed by atoms with Gasteiger partial charge in [-0.2, -0.15) is 0 Å². The van der Waals surface area contributed by atoms with E-state index in [4.69, 9.17) is 0 Å². The molecule has 2 rings (SSSR count). The summed E-state index contributed by atoms with van der Waals surface area (Å²) >= 11 is 2.64. The van der Waals surface area contributed by atoms with Crippen molar-refractivity contribution in [1.82, 2.24) is 4.98 Å². The van der Waals surface area contributed by atoms with Crippen LogP contribution in [0.5, 0.6) is 0 Å². The van der Waals surface area contributed by atoms with Crippen molar-refractivity contribution >= 4 is 29.1 Å². The number of aromatic carboxylic acids is 1. The van der Waals surface area contributed by atoms with Crippen LogP contribution in [0.3, 0.4) is 0 Å². The number of thioether (sulfide) groups is 1. The highest BCUT2D eigenvalue weighted by Crippen LogP contribution is 2.32. The van der Waals surface area contributed by atoms with E-state index >= 15 is 0 Å². The Morgan fingerprint density at radius 3 is 2.67 bits per heavy atom. The molecule has 3 nitrogen and oxygen atoms in total. The summed E-state index contributed by atoms with van der Waals surface area (Å²) in [6.07, 6.45) is 0. The molecule has 1 heterocycles. The van der Waals surface area contributed by atoms with Gasteiger partial charge in [0.2, 0.25) is 0 Å². The van der Waals surface area contributed by atoms with Gasteiger partial charge >= 0.3 is 5.97 Å². The smallest absolute Gasteiger partial charge is 0.347 e. The van der Waals surface area contributed by atoms with Gasteiger partial charge in [-0.05, 0) is 18.2 Å². The van der Waals surface area contributed by atoms with Gasteiger partial charge in [-0.1, -0.05) is 26.8 Å². The third kappa shape index (κ3) is 4.04. The number of hydrogen-bond donors (Lipinski definition) is 1. The van der Waals surface area contributed by atoms with Gasteiger partial charge in [-0.3, -0.25) is 0 Å². The molecule has 0 bridgehead atoms. The Labute approximate surface area is 131 Å². The molecule has 0 aliphatic heterocycles. The first-order valence-electron chi connectivity index (χ1n) is 6.39. The third-order valence-corrected chi connectivity index (χ3v) is 4.97. The number of aromatic nitrogens is 1. The first-order chi connectivity index (χ1) is 9.77. The van der Waals surface area contributed by atoms with Crippen LogP contribution in [0.4, 0.5) is 4.39 Å². The fourth-order valence-corrected chi connectivity index (χ4v) is 3.83. The third-order valence-electron chi connectivity index (χ3n) is 2.73. The zero-order valence-corrected chi connectivity index (χ0v) is 13.6. The first kappa shape index (κ1) is 16.0. The van der Waals surface area contributed by atoms with E-state index in [9.17, 15) is 14.3 Å². The van der Waals surface area contributed by atoms with Crippen LogP contribution in [0, 0.1) is 5.82 Å². The Morgan fingerprint density at radius 2 is 2.14 bits per heavy atom. The minimum absolute atomic E-state index is 0.277. The molecule has 21 heavy (non-hydrogen) atoms. The van der Waals surface area contributed by atoms with E-state index < -0.39 is 5.97 Å². The lowest BCUT2D eigenvalue weighted by Gasteiger charge is -2.16. The van der Waals surface area contributed by atoms with Crippen molar-refractivity contribution in [2.45, 2.75) is 36.8 Å². The molecule has 0 unspecified atom stereocenters. The number of thiazole rings is 1. The molecular formula is C15H16FNO2S2. The summed E-state index contributed by atoms with van der Waals surface area (Å²) in [5.74, 6) is -0.690. The lowest BCUT2D eigenvalue weighted by atomic mass is 9.91. The Morgan fingerprint density at radius 1 is 1.43 bits per heavy atom. The number of rotatable bonds is 4. The van der Waals surface area contributed by atoms with E-state index in [0.29, 0.717) is 11.4 Å². The number of benzene rings is 1. The van der Waals surface area contributed by atoms with Crippen LogP contribution in [0.1, 0.15) is 41.1 Å². The standard InChI is InChI=1S/C15H16FNO2S2/c1-15(2,3)13-12(14(18)19)21-11(17-13)8-20-10-6-4-5-9(16)7-10/h4-7H,8H2,1-3H3,(H,18,19). The van der Waals surface area contributed by atoms with E-state index in [1.165, 1.54) is 35.2 Å². The van der Waals surface area contributed by atoms with E-state index in [-0.39, 0.29) is 16.1 Å². The Kier molecular flexibility index (Phi) is 4.68. The van der Waals surface area contributed by atoms with Gasteiger partial charge < -0.3 is 5.11 Å². The topological polar surface area (TPSA) is 50.2 Å². The molecule has 0 spiro atoms. The van der Waals surface area contributed by atoms with Gasteiger partial charge in [-0.15, -0.1) is 23.1 Å². The van der Waals surface area contributed by atoms with Crippen molar-refractivity contribution in [2.24, 2.45) is 0 Å². The van der Waals surface area contributed by atoms with Gasteiger partial charge in [-0.25, -0.2) is 14.2 Å². The molecule has 0 aliphatic rings. The number of carbonyl (C=O) groups is 1. The van der Waals surface area contributed by atoms with Gasteiger partial charge in [0.25, 0.3) is 0 Å². The van der Waals surface area contributed by atoms with Gasteiger partial charge in [0.05, 0.1) is 11.4 Å². The van der Waals surface area contributed by atoms with E-state index in [2.05, 4.69) is 4.98 Å². The van der Waals surface area contributed by atoms with Crippen molar-refractivity contribution in [3.63, 3.8) is 0 Å². The molecule has 1 aromatic carbocycles. The van der Waals surface area contributed by atoms with E-state index in [1.54, 1.807) is 6.07 Å². The molecule has 0 radical (unpaired) electrons. The summed E-state index contributed by atoms with van der Waals surface area (Å²) in [5.41, 5.74) is 0.293. The lowest BCUT2D eigenvalue weighted by molar-refractivity contribution is 0.0699. The zero-order valence-electron chi connectivity index (χ0n) is 12.0. The fourth-order valence-electron chi connectivity index (χ4n) is 1.78. The quantitative estimate of drug-likeness (QED) is 0.837. The number of nitrogens with zero attached hydrogens (tertiary/aromatic N) is 1. The maximum atomic E-state index is 13.1. The van der Waals surface area contributed by atoms with Crippen LogP contribution in [-0.4, -0.2) is 16.1 Å². The minimum atomic E-state index is -0.945. The number of carboxylic acids is 1. The van der Waals surface area contributed by atoms with Crippen molar-refractivity contribution in [2.75, 3.05) is 0 Å². The molecule has 0 atom stereocenters. The second-order valence-electron chi connectivity index (χ2n) is 5.59. The highest BCUT2D eigenvalue weighted by atomic mass is 32.2. The molecule has 1 N–H and O–H groups in total. The van der Waals surface area contributed by atoms with Crippen LogP contribution in [0.25, 0.3) is 0 Å². The van der Waals surface area contributed by atoms with Gasteiger partial charge in [0.1, 0.15) is 15.7 Å². The molecule has 0 saturated heterocycles. The monoisotopic (exact) mass is 325 g/mol. The molecule has 0 aliphatic carbocycles. The lowest BCUT2D eigenvalue weighted by Crippen LogP contribution is -2.16. The summed E-state index contributed by atoms with van der Waals surface area (Å²) in [5, 5.41) is 10.0. The van der Waals surface area contributed by atoms with Crippen molar-refractivity contribution < 1.29 is 14.3 Å².